The minimum absolute atomic E-state index is 0.859. The van der Waals surface area contributed by atoms with Crippen LogP contribution in [-0.2, 0) is 6.42 Å². The van der Waals surface area contributed by atoms with Crippen LogP contribution in [0.1, 0.15) is 55.2 Å². The molecule has 1 heterocycles. The van der Waals surface area contributed by atoms with E-state index < -0.39 is 0 Å². The van der Waals surface area contributed by atoms with Gasteiger partial charge in [-0.05, 0) is 55.2 Å². The molecule has 1 N–H and O–H groups in total. The summed E-state index contributed by atoms with van der Waals surface area (Å²) in [5.41, 5.74) is 5.85. The summed E-state index contributed by atoms with van der Waals surface area (Å²) in [7, 11) is 0. The first-order valence-corrected chi connectivity index (χ1v) is 8.07. The van der Waals surface area contributed by atoms with Crippen LogP contribution in [0.25, 0.3) is 0 Å². The molecule has 19 heavy (non-hydrogen) atoms. The first-order valence-electron chi connectivity index (χ1n) is 8.07. The Balaban J connectivity index is 1.67. The molecular formula is C18H27N. The molecule has 1 nitrogen and oxygen atoms in total. The number of aryl methyl sites for hydroxylation is 1. The van der Waals surface area contributed by atoms with Crippen LogP contribution in [0.4, 0.5) is 5.69 Å². The van der Waals surface area contributed by atoms with Gasteiger partial charge in [0.15, 0.2) is 0 Å². The van der Waals surface area contributed by atoms with E-state index in [0.717, 1.165) is 11.8 Å². The third-order valence-corrected chi connectivity index (χ3v) is 5.29. The van der Waals surface area contributed by atoms with Crippen molar-refractivity contribution in [2.24, 2.45) is 11.8 Å². The summed E-state index contributed by atoms with van der Waals surface area (Å²) in [5.74, 6) is 1.87. The molecule has 0 spiro atoms. The molecule has 104 valence electrons. The summed E-state index contributed by atoms with van der Waals surface area (Å²) >= 11 is 0. The Hall–Kier alpha value is -0.980. The predicted octanol–water partition coefficient (Wildman–Crippen LogP) is 4.86. The van der Waals surface area contributed by atoms with Gasteiger partial charge in [0.2, 0.25) is 0 Å². The van der Waals surface area contributed by atoms with Crippen LogP contribution in [0.15, 0.2) is 12.1 Å². The van der Waals surface area contributed by atoms with Crippen LogP contribution < -0.4 is 5.32 Å². The topological polar surface area (TPSA) is 12.0 Å². The number of hydrogen-bond donors (Lipinski definition) is 1. The number of rotatable bonds is 2. The maximum atomic E-state index is 3.71. The van der Waals surface area contributed by atoms with E-state index in [4.69, 9.17) is 0 Å². The van der Waals surface area contributed by atoms with Gasteiger partial charge in [0.05, 0.1) is 0 Å². The molecule has 1 aromatic rings. The fourth-order valence-corrected chi connectivity index (χ4v) is 3.98. The zero-order chi connectivity index (χ0) is 13.2. The van der Waals surface area contributed by atoms with Crippen LogP contribution in [-0.4, -0.2) is 6.54 Å². The van der Waals surface area contributed by atoms with Crippen molar-refractivity contribution >= 4 is 5.69 Å². The molecule has 0 saturated heterocycles. The molecule has 0 radical (unpaired) electrons. The lowest BCUT2D eigenvalue weighted by molar-refractivity contribution is 0.289. The van der Waals surface area contributed by atoms with E-state index >= 15 is 0 Å². The number of benzene rings is 1. The van der Waals surface area contributed by atoms with Crippen molar-refractivity contribution in [1.82, 2.24) is 0 Å². The van der Waals surface area contributed by atoms with Gasteiger partial charge in [-0.2, -0.15) is 0 Å². The number of fused-ring (bicyclic) bond motifs is 1. The van der Waals surface area contributed by atoms with Crippen molar-refractivity contribution in [1.29, 1.82) is 0 Å². The van der Waals surface area contributed by atoms with Gasteiger partial charge >= 0.3 is 0 Å². The highest BCUT2D eigenvalue weighted by molar-refractivity contribution is 5.61. The molecule has 1 fully saturated rings. The molecule has 1 aliphatic carbocycles. The summed E-state index contributed by atoms with van der Waals surface area (Å²) in [6.45, 7) is 5.65. The number of anilines is 1. The normalized spacial score (nSPS) is 23.8. The fraction of sp³-hybridized carbons (Fsp3) is 0.667. The SMILES string of the molecule is Cc1ccc2c(c1C)NCC(CC1CCCCC1)C2. The van der Waals surface area contributed by atoms with Crippen molar-refractivity contribution in [2.45, 2.75) is 58.8 Å². The van der Waals surface area contributed by atoms with E-state index in [-0.39, 0.29) is 0 Å². The smallest absolute Gasteiger partial charge is 0.0405 e. The van der Waals surface area contributed by atoms with Gasteiger partial charge in [-0.1, -0.05) is 44.2 Å². The first kappa shape index (κ1) is 13.0. The molecule has 2 aliphatic rings. The second kappa shape index (κ2) is 5.56. The van der Waals surface area contributed by atoms with E-state index in [0.29, 0.717) is 0 Å². The van der Waals surface area contributed by atoms with Crippen LogP contribution in [0.3, 0.4) is 0 Å². The summed E-state index contributed by atoms with van der Waals surface area (Å²) in [6.07, 6.45) is 10.1. The summed E-state index contributed by atoms with van der Waals surface area (Å²) < 4.78 is 0. The van der Waals surface area contributed by atoms with Gasteiger partial charge in [-0.25, -0.2) is 0 Å². The Morgan fingerprint density at radius 2 is 1.84 bits per heavy atom. The van der Waals surface area contributed by atoms with Gasteiger partial charge in [0.1, 0.15) is 0 Å². The molecule has 0 amide bonds. The van der Waals surface area contributed by atoms with Gasteiger partial charge in [-0.15, -0.1) is 0 Å². The zero-order valence-corrected chi connectivity index (χ0v) is 12.5. The quantitative estimate of drug-likeness (QED) is 0.798. The van der Waals surface area contributed by atoms with Crippen molar-refractivity contribution in [3.63, 3.8) is 0 Å². The van der Waals surface area contributed by atoms with Gasteiger partial charge in [0, 0.05) is 12.2 Å². The van der Waals surface area contributed by atoms with E-state index in [2.05, 4.69) is 31.3 Å². The summed E-state index contributed by atoms with van der Waals surface area (Å²) in [4.78, 5) is 0. The molecule has 1 heteroatoms. The molecule has 3 rings (SSSR count). The lowest BCUT2D eigenvalue weighted by Crippen LogP contribution is -2.26. The monoisotopic (exact) mass is 257 g/mol. The predicted molar refractivity (Wildman–Crippen MR) is 82.8 cm³/mol. The molecule has 1 aromatic carbocycles. The van der Waals surface area contributed by atoms with Crippen LogP contribution in [0, 0.1) is 25.7 Å². The van der Waals surface area contributed by atoms with Crippen molar-refractivity contribution < 1.29 is 0 Å². The molecule has 1 unspecified atom stereocenters. The molecule has 1 aliphatic heterocycles. The van der Waals surface area contributed by atoms with E-state index in [1.165, 1.54) is 68.3 Å². The Kier molecular flexibility index (Phi) is 3.81. The second-order valence-corrected chi connectivity index (χ2v) is 6.73. The summed E-state index contributed by atoms with van der Waals surface area (Å²) in [6, 6.07) is 4.64. The zero-order valence-electron chi connectivity index (χ0n) is 12.5. The maximum absolute atomic E-state index is 3.71. The third kappa shape index (κ3) is 2.80. The highest BCUT2D eigenvalue weighted by atomic mass is 14.9. The molecule has 0 aromatic heterocycles. The molecule has 0 bridgehead atoms. The largest absolute Gasteiger partial charge is 0.384 e. The maximum Gasteiger partial charge on any atom is 0.0405 e. The first-order chi connectivity index (χ1) is 9.24. The number of nitrogens with one attached hydrogen (secondary N) is 1. The van der Waals surface area contributed by atoms with Gasteiger partial charge in [-0.3, -0.25) is 0 Å². The minimum Gasteiger partial charge on any atom is -0.384 e. The van der Waals surface area contributed by atoms with Crippen molar-refractivity contribution in [3.05, 3.63) is 28.8 Å². The highest BCUT2D eigenvalue weighted by Crippen LogP contribution is 2.35. The van der Waals surface area contributed by atoms with E-state index in [1.54, 1.807) is 5.56 Å². The fourth-order valence-electron chi connectivity index (χ4n) is 3.98. The Bertz CT molecular complexity index is 443. The number of hydrogen-bond acceptors (Lipinski definition) is 1. The second-order valence-electron chi connectivity index (χ2n) is 6.73. The highest BCUT2D eigenvalue weighted by Gasteiger charge is 2.24. The van der Waals surface area contributed by atoms with Crippen molar-refractivity contribution in [2.75, 3.05) is 11.9 Å². The Labute approximate surface area is 117 Å². The molecule has 1 saturated carbocycles. The molecular weight excluding hydrogens is 230 g/mol. The third-order valence-electron chi connectivity index (χ3n) is 5.29. The lowest BCUT2D eigenvalue weighted by Gasteiger charge is -2.32. The minimum atomic E-state index is 0.859. The van der Waals surface area contributed by atoms with Gasteiger partial charge < -0.3 is 5.32 Å². The summed E-state index contributed by atoms with van der Waals surface area (Å²) in [5, 5.41) is 3.71. The lowest BCUT2D eigenvalue weighted by atomic mass is 9.79. The average Bonchev–Trinajstić information content (AvgIpc) is 2.44. The Morgan fingerprint density at radius 3 is 2.63 bits per heavy atom. The van der Waals surface area contributed by atoms with E-state index in [9.17, 15) is 0 Å². The van der Waals surface area contributed by atoms with Gasteiger partial charge in [0.25, 0.3) is 0 Å². The van der Waals surface area contributed by atoms with Crippen molar-refractivity contribution in [3.8, 4) is 0 Å². The average molecular weight is 257 g/mol. The van der Waals surface area contributed by atoms with Crippen LogP contribution in [0.5, 0.6) is 0 Å². The molecule has 1 atom stereocenters. The Morgan fingerprint density at radius 1 is 1.05 bits per heavy atom. The van der Waals surface area contributed by atoms with Crippen LogP contribution in [0.2, 0.25) is 0 Å². The van der Waals surface area contributed by atoms with E-state index in [1.807, 2.05) is 0 Å². The van der Waals surface area contributed by atoms with Crippen LogP contribution >= 0.6 is 0 Å². The standard InChI is InChI=1S/C18H27N/c1-13-8-9-17-11-16(12-19-18(17)14(13)2)10-15-6-4-3-5-7-15/h8-9,15-16,19H,3-7,10-12H2,1-2H3.